The molecule has 1 N–H and O–H groups in total. The standard InChI is InChI=1S/C26H26ClN3O5S3/c27-20-7-5-19(6-8-20)18-30-24-14-13-23(17-25(24)36-26(30)31)37(32,33)28-21-9-11-22(12-10-21)38(34,35)29-15-3-1-2-4-16-29/h5-14,17,28H,1-4,15-16,18H2. The van der Waals surface area contributed by atoms with Crippen molar-refractivity contribution in [1.29, 1.82) is 0 Å². The van der Waals surface area contributed by atoms with Gasteiger partial charge < -0.3 is 0 Å². The number of nitrogens with one attached hydrogen (secondary N) is 1. The number of anilines is 1. The second-order valence-corrected chi connectivity index (χ2v) is 14.2. The topological polar surface area (TPSA) is 106 Å². The van der Waals surface area contributed by atoms with Crippen molar-refractivity contribution in [3.63, 3.8) is 0 Å². The van der Waals surface area contributed by atoms with Gasteiger partial charge in [-0.15, -0.1) is 0 Å². The number of sulfonamides is 2. The molecule has 38 heavy (non-hydrogen) atoms. The van der Waals surface area contributed by atoms with Crippen molar-refractivity contribution in [2.45, 2.75) is 42.0 Å². The molecule has 8 nitrogen and oxygen atoms in total. The quantitative estimate of drug-likeness (QED) is 0.321. The number of fused-ring (bicyclic) bond motifs is 1. The number of benzene rings is 3. The van der Waals surface area contributed by atoms with Gasteiger partial charge in [-0.25, -0.2) is 16.8 Å². The van der Waals surface area contributed by atoms with Crippen LogP contribution in [0.25, 0.3) is 10.2 Å². The molecule has 0 spiro atoms. The highest BCUT2D eigenvalue weighted by molar-refractivity contribution is 7.92. The number of thiazole rings is 1. The van der Waals surface area contributed by atoms with Crippen molar-refractivity contribution in [1.82, 2.24) is 8.87 Å². The first-order valence-electron chi connectivity index (χ1n) is 12.1. The van der Waals surface area contributed by atoms with Crippen LogP contribution < -0.4 is 9.60 Å². The molecule has 1 saturated heterocycles. The molecule has 1 aromatic heterocycles. The fourth-order valence-corrected chi connectivity index (χ4v) is 8.21. The molecule has 0 atom stereocenters. The molecular weight excluding hydrogens is 566 g/mol. The zero-order chi connectivity index (χ0) is 26.9. The van der Waals surface area contributed by atoms with Crippen LogP contribution in [0.15, 0.2) is 81.3 Å². The molecule has 0 amide bonds. The monoisotopic (exact) mass is 591 g/mol. The van der Waals surface area contributed by atoms with E-state index in [9.17, 15) is 21.6 Å². The van der Waals surface area contributed by atoms with E-state index in [2.05, 4.69) is 4.72 Å². The Balaban J connectivity index is 1.35. The second kappa shape index (κ2) is 10.8. The van der Waals surface area contributed by atoms with Gasteiger partial charge in [0.1, 0.15) is 0 Å². The lowest BCUT2D eigenvalue weighted by Gasteiger charge is -2.20. The van der Waals surface area contributed by atoms with E-state index in [1.807, 2.05) is 12.1 Å². The van der Waals surface area contributed by atoms with Gasteiger partial charge >= 0.3 is 4.87 Å². The Bertz CT molecular complexity index is 1720. The zero-order valence-electron chi connectivity index (χ0n) is 20.3. The van der Waals surface area contributed by atoms with E-state index in [-0.39, 0.29) is 20.4 Å². The fraction of sp³-hybridized carbons (Fsp3) is 0.269. The molecule has 0 saturated carbocycles. The Morgan fingerprint density at radius 3 is 2.11 bits per heavy atom. The number of halogens is 1. The van der Waals surface area contributed by atoms with Crippen molar-refractivity contribution in [3.8, 4) is 0 Å². The third-order valence-corrected chi connectivity index (χ3v) is 11.0. The molecule has 0 bridgehead atoms. The summed E-state index contributed by atoms with van der Waals surface area (Å²) in [6.07, 6.45) is 3.70. The van der Waals surface area contributed by atoms with E-state index in [0.29, 0.717) is 34.9 Å². The minimum Gasteiger partial charge on any atom is -0.294 e. The van der Waals surface area contributed by atoms with E-state index >= 15 is 0 Å². The van der Waals surface area contributed by atoms with Crippen molar-refractivity contribution < 1.29 is 16.8 Å². The molecular formula is C26H26ClN3O5S3. The Hall–Kier alpha value is -2.70. The summed E-state index contributed by atoms with van der Waals surface area (Å²) in [7, 11) is -7.60. The number of rotatable bonds is 7. The summed E-state index contributed by atoms with van der Waals surface area (Å²) in [5, 5.41) is 0.604. The van der Waals surface area contributed by atoms with Gasteiger partial charge in [0.15, 0.2) is 0 Å². The largest absolute Gasteiger partial charge is 0.308 e. The van der Waals surface area contributed by atoms with Crippen molar-refractivity contribution in [2.75, 3.05) is 17.8 Å². The maximum atomic E-state index is 13.1. The van der Waals surface area contributed by atoms with Crippen LogP contribution in [0.3, 0.4) is 0 Å². The summed E-state index contributed by atoms with van der Waals surface area (Å²) in [4.78, 5) is 12.6. The SMILES string of the molecule is O=c1sc2cc(S(=O)(=O)Nc3ccc(S(=O)(=O)N4CCCCCC4)cc3)ccc2n1Cc1ccc(Cl)cc1. The minimum absolute atomic E-state index is 0.00570. The van der Waals surface area contributed by atoms with Gasteiger partial charge in [0.05, 0.1) is 26.6 Å². The summed E-state index contributed by atoms with van der Waals surface area (Å²) in [6, 6.07) is 17.5. The van der Waals surface area contributed by atoms with Crippen molar-refractivity contribution >= 4 is 58.9 Å². The van der Waals surface area contributed by atoms with Crippen LogP contribution >= 0.6 is 22.9 Å². The Morgan fingerprint density at radius 1 is 0.816 bits per heavy atom. The normalized spacial score (nSPS) is 15.4. The van der Waals surface area contributed by atoms with Gasteiger partial charge in [0.25, 0.3) is 10.0 Å². The van der Waals surface area contributed by atoms with Crippen LogP contribution in [0.5, 0.6) is 0 Å². The average molecular weight is 592 g/mol. The lowest BCUT2D eigenvalue weighted by Crippen LogP contribution is -2.31. The number of hydrogen-bond donors (Lipinski definition) is 1. The van der Waals surface area contributed by atoms with Crippen LogP contribution in [0, 0.1) is 0 Å². The first-order valence-corrected chi connectivity index (χ1v) is 16.3. The summed E-state index contributed by atoms with van der Waals surface area (Å²) in [5.74, 6) is 0. The van der Waals surface area contributed by atoms with E-state index in [0.717, 1.165) is 42.6 Å². The van der Waals surface area contributed by atoms with Crippen LogP contribution in [0.1, 0.15) is 31.2 Å². The molecule has 0 unspecified atom stereocenters. The third kappa shape index (κ3) is 5.67. The molecule has 12 heteroatoms. The number of aromatic nitrogens is 1. The molecule has 200 valence electrons. The van der Waals surface area contributed by atoms with Gasteiger partial charge in [-0.1, -0.05) is 47.9 Å². The van der Waals surface area contributed by atoms with E-state index in [1.165, 1.54) is 40.7 Å². The van der Waals surface area contributed by atoms with Crippen LogP contribution in [-0.4, -0.2) is 38.8 Å². The molecule has 4 aromatic rings. The number of nitrogens with zero attached hydrogens (tertiary/aromatic N) is 2. The highest BCUT2D eigenvalue weighted by atomic mass is 35.5. The van der Waals surface area contributed by atoms with Crippen molar-refractivity contribution in [3.05, 3.63) is 87.0 Å². The summed E-state index contributed by atoms with van der Waals surface area (Å²) >= 11 is 6.92. The highest BCUT2D eigenvalue weighted by Crippen LogP contribution is 2.26. The molecule has 0 radical (unpaired) electrons. The minimum atomic E-state index is -3.97. The van der Waals surface area contributed by atoms with Crippen molar-refractivity contribution in [2.24, 2.45) is 0 Å². The highest BCUT2D eigenvalue weighted by Gasteiger charge is 2.25. The van der Waals surface area contributed by atoms with Crippen LogP contribution in [0.4, 0.5) is 5.69 Å². The first-order chi connectivity index (χ1) is 18.1. The predicted octanol–water partition coefficient (Wildman–Crippen LogP) is 5.13. The molecule has 1 fully saturated rings. The predicted molar refractivity (Wildman–Crippen MR) is 151 cm³/mol. The lowest BCUT2D eigenvalue weighted by atomic mass is 10.2. The summed E-state index contributed by atoms with van der Waals surface area (Å²) < 4.78 is 58.3. The van der Waals surface area contributed by atoms with Crippen LogP contribution in [0.2, 0.25) is 5.02 Å². The van der Waals surface area contributed by atoms with E-state index in [1.54, 1.807) is 22.8 Å². The summed E-state index contributed by atoms with van der Waals surface area (Å²) in [5.41, 5.74) is 1.78. The Labute approximate surface area is 230 Å². The second-order valence-electron chi connectivity index (χ2n) is 9.16. The smallest absolute Gasteiger partial charge is 0.294 e. The zero-order valence-corrected chi connectivity index (χ0v) is 23.5. The maximum absolute atomic E-state index is 13.1. The van der Waals surface area contributed by atoms with Gasteiger partial charge in [0, 0.05) is 23.8 Å². The average Bonchev–Trinajstić information content (AvgIpc) is 3.04. The Morgan fingerprint density at radius 2 is 1.45 bits per heavy atom. The summed E-state index contributed by atoms with van der Waals surface area (Å²) in [6.45, 7) is 1.33. The third-order valence-electron chi connectivity index (χ3n) is 6.51. The Kier molecular flexibility index (Phi) is 7.65. The fourth-order valence-electron chi connectivity index (χ4n) is 4.48. The molecule has 1 aliphatic rings. The van der Waals surface area contributed by atoms with Crippen LogP contribution in [-0.2, 0) is 26.6 Å². The molecule has 3 aromatic carbocycles. The van der Waals surface area contributed by atoms with Gasteiger partial charge in [0.2, 0.25) is 10.0 Å². The van der Waals surface area contributed by atoms with E-state index < -0.39 is 20.0 Å². The van der Waals surface area contributed by atoms with Gasteiger partial charge in [-0.3, -0.25) is 14.1 Å². The lowest BCUT2D eigenvalue weighted by molar-refractivity contribution is 0.424. The van der Waals surface area contributed by atoms with E-state index in [4.69, 9.17) is 11.6 Å². The molecule has 1 aliphatic heterocycles. The maximum Gasteiger partial charge on any atom is 0.308 e. The molecule has 5 rings (SSSR count). The number of hydrogen-bond acceptors (Lipinski definition) is 6. The molecule has 2 heterocycles. The van der Waals surface area contributed by atoms with Gasteiger partial charge in [-0.2, -0.15) is 4.31 Å². The first kappa shape index (κ1) is 26.9. The molecule has 0 aliphatic carbocycles. The van der Waals surface area contributed by atoms with Gasteiger partial charge in [-0.05, 0) is 73.0 Å².